The molecule has 1 saturated heterocycles. The van der Waals surface area contributed by atoms with Gasteiger partial charge in [-0.1, -0.05) is 6.92 Å². The normalized spacial score (nSPS) is 25.7. The predicted molar refractivity (Wildman–Crippen MR) is 55.1 cm³/mol. The Labute approximate surface area is 93.7 Å². The monoisotopic (exact) mass is 240 g/mol. The van der Waals surface area contributed by atoms with E-state index in [9.17, 15) is 13.2 Å². The van der Waals surface area contributed by atoms with Crippen LogP contribution in [0.15, 0.2) is 0 Å². The van der Waals surface area contributed by atoms with Crippen LogP contribution >= 0.6 is 0 Å². The lowest BCUT2D eigenvalue weighted by atomic mass is 10.1. The standard InChI is InChI=1S/C10H19F3N2O/c1-2-8-7-16-6-5-15(8)9(3-4-14)10(11,12)13/h8-9H,2-7,14H2,1H3. The molecule has 0 aliphatic carbocycles. The van der Waals surface area contributed by atoms with Crippen LogP contribution in [-0.2, 0) is 4.74 Å². The number of morpholine rings is 1. The van der Waals surface area contributed by atoms with Crippen LogP contribution in [-0.4, -0.2) is 49.5 Å². The summed E-state index contributed by atoms with van der Waals surface area (Å²) in [6.45, 7) is 3.02. The predicted octanol–water partition coefficient (Wildman–Crippen LogP) is 1.38. The lowest BCUT2D eigenvalue weighted by Gasteiger charge is -2.41. The minimum atomic E-state index is -4.20. The Kier molecular flexibility index (Phi) is 5.01. The molecule has 16 heavy (non-hydrogen) atoms. The van der Waals surface area contributed by atoms with Gasteiger partial charge < -0.3 is 10.5 Å². The van der Waals surface area contributed by atoms with Gasteiger partial charge in [0, 0.05) is 12.6 Å². The molecule has 0 radical (unpaired) electrons. The topological polar surface area (TPSA) is 38.5 Å². The molecule has 1 aliphatic rings. The second-order valence-electron chi connectivity index (χ2n) is 4.01. The number of nitrogens with zero attached hydrogens (tertiary/aromatic N) is 1. The first-order chi connectivity index (χ1) is 7.50. The average molecular weight is 240 g/mol. The highest BCUT2D eigenvalue weighted by molar-refractivity contribution is 4.85. The first kappa shape index (κ1) is 13.7. The van der Waals surface area contributed by atoms with Gasteiger partial charge in [-0.3, -0.25) is 4.90 Å². The first-order valence-electron chi connectivity index (χ1n) is 5.61. The van der Waals surface area contributed by atoms with E-state index < -0.39 is 12.2 Å². The maximum atomic E-state index is 12.9. The van der Waals surface area contributed by atoms with Gasteiger partial charge in [-0.15, -0.1) is 0 Å². The van der Waals surface area contributed by atoms with E-state index in [0.717, 1.165) is 0 Å². The molecule has 0 saturated carbocycles. The molecule has 96 valence electrons. The van der Waals surface area contributed by atoms with Crippen molar-refractivity contribution in [3.8, 4) is 0 Å². The molecule has 1 rings (SSSR count). The highest BCUT2D eigenvalue weighted by atomic mass is 19.4. The van der Waals surface area contributed by atoms with E-state index in [4.69, 9.17) is 10.5 Å². The summed E-state index contributed by atoms with van der Waals surface area (Å²) >= 11 is 0. The molecule has 0 bridgehead atoms. The van der Waals surface area contributed by atoms with Crippen LogP contribution < -0.4 is 5.73 Å². The Morgan fingerprint density at radius 2 is 2.19 bits per heavy atom. The van der Waals surface area contributed by atoms with Crippen molar-refractivity contribution in [3.05, 3.63) is 0 Å². The molecular formula is C10H19F3N2O. The third kappa shape index (κ3) is 3.33. The Bertz CT molecular complexity index is 211. The van der Waals surface area contributed by atoms with E-state index in [0.29, 0.717) is 26.2 Å². The van der Waals surface area contributed by atoms with Crippen LogP contribution in [0.4, 0.5) is 13.2 Å². The second-order valence-corrected chi connectivity index (χ2v) is 4.01. The van der Waals surface area contributed by atoms with Gasteiger partial charge in [0.25, 0.3) is 0 Å². The Morgan fingerprint density at radius 3 is 2.69 bits per heavy atom. The van der Waals surface area contributed by atoms with Crippen molar-refractivity contribution in [2.45, 2.75) is 38.0 Å². The summed E-state index contributed by atoms with van der Waals surface area (Å²) in [5.74, 6) is 0. The number of ether oxygens (including phenoxy) is 1. The molecule has 6 heteroatoms. The van der Waals surface area contributed by atoms with E-state index in [1.807, 2.05) is 6.92 Å². The zero-order valence-electron chi connectivity index (χ0n) is 9.46. The number of halogens is 3. The van der Waals surface area contributed by atoms with Gasteiger partial charge in [0.15, 0.2) is 0 Å². The van der Waals surface area contributed by atoms with E-state index >= 15 is 0 Å². The Hall–Kier alpha value is -0.330. The molecular weight excluding hydrogens is 221 g/mol. The minimum Gasteiger partial charge on any atom is -0.378 e. The molecule has 0 aromatic rings. The maximum Gasteiger partial charge on any atom is 0.404 e. The average Bonchev–Trinajstić information content (AvgIpc) is 2.24. The molecule has 0 aromatic carbocycles. The molecule has 3 nitrogen and oxygen atoms in total. The van der Waals surface area contributed by atoms with Crippen LogP contribution in [0.3, 0.4) is 0 Å². The van der Waals surface area contributed by atoms with E-state index in [2.05, 4.69) is 0 Å². The summed E-state index contributed by atoms with van der Waals surface area (Å²) in [5.41, 5.74) is 5.26. The highest BCUT2D eigenvalue weighted by Crippen LogP contribution is 2.30. The van der Waals surface area contributed by atoms with Crippen LogP contribution in [0.2, 0.25) is 0 Å². The molecule has 2 unspecified atom stereocenters. The number of hydrogen-bond acceptors (Lipinski definition) is 3. The summed E-state index contributed by atoms with van der Waals surface area (Å²) in [7, 11) is 0. The van der Waals surface area contributed by atoms with Crippen molar-refractivity contribution < 1.29 is 17.9 Å². The number of alkyl halides is 3. The van der Waals surface area contributed by atoms with Gasteiger partial charge >= 0.3 is 6.18 Å². The van der Waals surface area contributed by atoms with Crippen molar-refractivity contribution in [1.29, 1.82) is 0 Å². The third-order valence-corrected chi connectivity index (χ3v) is 2.96. The van der Waals surface area contributed by atoms with Gasteiger partial charge in [-0.05, 0) is 19.4 Å². The van der Waals surface area contributed by atoms with Crippen molar-refractivity contribution in [2.24, 2.45) is 5.73 Å². The quantitative estimate of drug-likeness (QED) is 0.806. The van der Waals surface area contributed by atoms with E-state index in [-0.39, 0.29) is 19.0 Å². The zero-order chi connectivity index (χ0) is 12.2. The summed E-state index contributed by atoms with van der Waals surface area (Å²) < 4.78 is 43.8. The smallest absolute Gasteiger partial charge is 0.378 e. The molecule has 2 atom stereocenters. The first-order valence-corrected chi connectivity index (χ1v) is 5.61. The van der Waals surface area contributed by atoms with Crippen LogP contribution in [0.25, 0.3) is 0 Å². The molecule has 1 aliphatic heterocycles. The van der Waals surface area contributed by atoms with Gasteiger partial charge in [-0.25, -0.2) is 0 Å². The Morgan fingerprint density at radius 1 is 1.50 bits per heavy atom. The van der Waals surface area contributed by atoms with Gasteiger partial charge in [0.1, 0.15) is 6.04 Å². The molecule has 2 N–H and O–H groups in total. The molecule has 1 fully saturated rings. The summed E-state index contributed by atoms with van der Waals surface area (Å²) in [6.07, 6.45) is -3.58. The second kappa shape index (κ2) is 5.84. The van der Waals surface area contributed by atoms with Crippen molar-refractivity contribution in [1.82, 2.24) is 4.90 Å². The molecule has 0 amide bonds. The molecule has 0 spiro atoms. The van der Waals surface area contributed by atoms with E-state index in [1.165, 1.54) is 4.90 Å². The summed E-state index contributed by atoms with van der Waals surface area (Å²) in [5, 5.41) is 0. The van der Waals surface area contributed by atoms with Gasteiger partial charge in [0.2, 0.25) is 0 Å². The van der Waals surface area contributed by atoms with Crippen molar-refractivity contribution in [3.63, 3.8) is 0 Å². The zero-order valence-corrected chi connectivity index (χ0v) is 9.46. The lowest BCUT2D eigenvalue weighted by Crippen LogP contribution is -2.56. The SMILES string of the molecule is CCC1COCCN1C(CCN)C(F)(F)F. The summed E-state index contributed by atoms with van der Waals surface area (Å²) in [6, 6.07) is -1.57. The number of hydrogen-bond donors (Lipinski definition) is 1. The highest BCUT2D eigenvalue weighted by Gasteiger charge is 2.45. The largest absolute Gasteiger partial charge is 0.404 e. The fourth-order valence-corrected chi connectivity index (χ4v) is 2.11. The van der Waals surface area contributed by atoms with Crippen LogP contribution in [0.5, 0.6) is 0 Å². The maximum absolute atomic E-state index is 12.9. The van der Waals surface area contributed by atoms with Gasteiger partial charge in [0.05, 0.1) is 13.2 Å². The Balaban J connectivity index is 2.74. The third-order valence-electron chi connectivity index (χ3n) is 2.96. The molecule has 1 heterocycles. The van der Waals surface area contributed by atoms with E-state index in [1.54, 1.807) is 0 Å². The van der Waals surface area contributed by atoms with Gasteiger partial charge in [-0.2, -0.15) is 13.2 Å². The summed E-state index contributed by atoms with van der Waals surface area (Å²) in [4.78, 5) is 1.50. The van der Waals surface area contributed by atoms with Crippen molar-refractivity contribution in [2.75, 3.05) is 26.3 Å². The van der Waals surface area contributed by atoms with Crippen LogP contribution in [0.1, 0.15) is 19.8 Å². The fraction of sp³-hybridized carbons (Fsp3) is 1.00. The fourth-order valence-electron chi connectivity index (χ4n) is 2.11. The minimum absolute atomic E-state index is 0.0417. The van der Waals surface area contributed by atoms with Crippen LogP contribution in [0, 0.1) is 0 Å². The molecule has 0 aromatic heterocycles. The van der Waals surface area contributed by atoms with Crippen molar-refractivity contribution >= 4 is 0 Å². The lowest BCUT2D eigenvalue weighted by molar-refractivity contribution is -0.202. The number of rotatable bonds is 4. The number of nitrogens with two attached hydrogens (primary N) is 1.